The largest absolute Gasteiger partial charge is 0.370 e. The normalized spacial score (nSPS) is 17.6. The van der Waals surface area contributed by atoms with E-state index < -0.39 is 0 Å². The monoisotopic (exact) mass is 164 g/mol. The van der Waals surface area contributed by atoms with Crippen LogP contribution in [0.2, 0.25) is 0 Å². The molecule has 0 N–H and O–H groups in total. The molecule has 1 aliphatic heterocycles. The Morgan fingerprint density at radius 3 is 1.75 bits per heavy atom. The van der Waals surface area contributed by atoms with Crippen LogP contribution in [-0.4, -0.2) is 12.2 Å². The summed E-state index contributed by atoms with van der Waals surface area (Å²) in [6, 6.07) is 10.3. The fourth-order valence-electron chi connectivity index (χ4n) is 0.679. The first-order chi connectivity index (χ1) is 5.60. The van der Waals surface area contributed by atoms with Crippen molar-refractivity contribution >= 4 is 0 Å². The van der Waals surface area contributed by atoms with Crippen molar-refractivity contribution in [3.63, 3.8) is 0 Å². The van der Waals surface area contributed by atoms with Crippen LogP contribution in [0.4, 0.5) is 0 Å². The van der Waals surface area contributed by atoms with E-state index in [2.05, 4.69) is 32.9 Å². The zero-order valence-electron chi connectivity index (χ0n) is 8.00. The molecule has 1 saturated heterocycles. The molecule has 0 aliphatic carbocycles. The number of epoxide rings is 1. The van der Waals surface area contributed by atoms with E-state index in [-0.39, 0.29) is 5.60 Å². The molecule has 1 nitrogen and oxygen atoms in total. The summed E-state index contributed by atoms with van der Waals surface area (Å²) in [4.78, 5) is 0. The molecule has 0 saturated carbocycles. The second-order valence-electron chi connectivity index (χ2n) is 3.70. The van der Waals surface area contributed by atoms with E-state index in [1.54, 1.807) is 0 Å². The van der Waals surface area contributed by atoms with Crippen LogP contribution in [0.15, 0.2) is 30.3 Å². The first-order valence-corrected chi connectivity index (χ1v) is 4.26. The van der Waals surface area contributed by atoms with Crippen molar-refractivity contribution in [2.45, 2.75) is 26.4 Å². The Bertz CT molecular complexity index is 220. The van der Waals surface area contributed by atoms with Gasteiger partial charge in [0.15, 0.2) is 0 Å². The molecule has 0 radical (unpaired) electrons. The summed E-state index contributed by atoms with van der Waals surface area (Å²) < 4.78 is 4.90. The van der Waals surface area contributed by atoms with Crippen molar-refractivity contribution < 1.29 is 4.74 Å². The van der Waals surface area contributed by atoms with E-state index in [0.717, 1.165) is 6.61 Å². The van der Waals surface area contributed by atoms with E-state index in [1.165, 1.54) is 5.56 Å². The molecule has 1 fully saturated rings. The van der Waals surface area contributed by atoms with Gasteiger partial charge in [0, 0.05) is 0 Å². The van der Waals surface area contributed by atoms with Gasteiger partial charge in [0.25, 0.3) is 0 Å². The van der Waals surface area contributed by atoms with Gasteiger partial charge in [0.05, 0.1) is 12.2 Å². The van der Waals surface area contributed by atoms with E-state index >= 15 is 0 Å². The summed E-state index contributed by atoms with van der Waals surface area (Å²) in [5.74, 6) is 0. The van der Waals surface area contributed by atoms with Crippen LogP contribution in [0, 0.1) is 6.92 Å². The molecule has 1 aliphatic rings. The van der Waals surface area contributed by atoms with Crippen molar-refractivity contribution in [2.75, 3.05) is 6.61 Å². The van der Waals surface area contributed by atoms with Crippen molar-refractivity contribution in [1.82, 2.24) is 0 Å². The highest BCUT2D eigenvalue weighted by Gasteiger charge is 2.32. The maximum Gasteiger partial charge on any atom is 0.0860 e. The second kappa shape index (κ2) is 3.72. The van der Waals surface area contributed by atoms with Gasteiger partial charge in [-0.25, -0.2) is 0 Å². The Labute approximate surface area is 74.4 Å². The highest BCUT2D eigenvalue weighted by Crippen LogP contribution is 2.23. The Morgan fingerprint density at radius 2 is 1.58 bits per heavy atom. The molecule has 1 aromatic rings. The summed E-state index contributed by atoms with van der Waals surface area (Å²) in [5.41, 5.74) is 1.57. The smallest absolute Gasteiger partial charge is 0.0860 e. The lowest BCUT2D eigenvalue weighted by molar-refractivity contribution is 0.344. The Kier molecular flexibility index (Phi) is 2.88. The molecule has 1 aromatic carbocycles. The van der Waals surface area contributed by atoms with Crippen LogP contribution in [0.5, 0.6) is 0 Å². The quantitative estimate of drug-likeness (QED) is 0.537. The predicted molar refractivity (Wildman–Crippen MR) is 51.2 cm³/mol. The van der Waals surface area contributed by atoms with Crippen LogP contribution >= 0.6 is 0 Å². The first kappa shape index (κ1) is 9.27. The van der Waals surface area contributed by atoms with Gasteiger partial charge in [-0.2, -0.15) is 0 Å². The van der Waals surface area contributed by atoms with Crippen molar-refractivity contribution in [3.8, 4) is 0 Å². The average Bonchev–Trinajstić information content (AvgIpc) is 2.69. The zero-order valence-corrected chi connectivity index (χ0v) is 8.00. The lowest BCUT2D eigenvalue weighted by atomic mass is 10.2. The molecule has 2 rings (SSSR count). The third-order valence-electron chi connectivity index (χ3n) is 1.66. The van der Waals surface area contributed by atoms with Crippen LogP contribution < -0.4 is 0 Å². The minimum absolute atomic E-state index is 0.250. The summed E-state index contributed by atoms with van der Waals surface area (Å²) in [5, 5.41) is 0. The van der Waals surface area contributed by atoms with Gasteiger partial charge in [-0.1, -0.05) is 35.9 Å². The predicted octanol–water partition coefficient (Wildman–Crippen LogP) is 2.79. The Morgan fingerprint density at radius 1 is 1.17 bits per heavy atom. The molecule has 1 heterocycles. The topological polar surface area (TPSA) is 12.5 Å². The molecule has 0 atom stereocenters. The molecule has 0 spiro atoms. The summed E-state index contributed by atoms with van der Waals surface area (Å²) in [7, 11) is 0. The van der Waals surface area contributed by atoms with Crippen LogP contribution in [0.3, 0.4) is 0 Å². The first-order valence-electron chi connectivity index (χ1n) is 4.26. The highest BCUT2D eigenvalue weighted by atomic mass is 16.6. The fourth-order valence-corrected chi connectivity index (χ4v) is 0.679. The van der Waals surface area contributed by atoms with Crippen LogP contribution in [0.1, 0.15) is 19.4 Å². The molecular weight excluding hydrogens is 148 g/mol. The van der Waals surface area contributed by atoms with Crippen LogP contribution in [-0.2, 0) is 4.74 Å². The van der Waals surface area contributed by atoms with Crippen molar-refractivity contribution in [1.29, 1.82) is 0 Å². The van der Waals surface area contributed by atoms with Crippen LogP contribution in [0.25, 0.3) is 0 Å². The molecule has 0 aromatic heterocycles. The lowest BCUT2D eigenvalue weighted by Gasteiger charge is -1.82. The zero-order chi connectivity index (χ0) is 9.03. The van der Waals surface area contributed by atoms with Gasteiger partial charge in [-0.05, 0) is 20.8 Å². The van der Waals surface area contributed by atoms with Gasteiger partial charge in [-0.15, -0.1) is 0 Å². The van der Waals surface area contributed by atoms with Gasteiger partial charge in [-0.3, -0.25) is 0 Å². The number of hydrogen-bond donors (Lipinski definition) is 0. The van der Waals surface area contributed by atoms with Gasteiger partial charge >= 0.3 is 0 Å². The molecule has 66 valence electrons. The minimum Gasteiger partial charge on any atom is -0.370 e. The third-order valence-corrected chi connectivity index (χ3v) is 1.66. The Hall–Kier alpha value is -0.820. The number of hydrogen-bond acceptors (Lipinski definition) is 1. The minimum atomic E-state index is 0.250. The number of ether oxygens (including phenoxy) is 1. The van der Waals surface area contributed by atoms with E-state index in [0.29, 0.717) is 0 Å². The molecule has 1 heteroatoms. The molecule has 0 amide bonds. The van der Waals surface area contributed by atoms with Crippen molar-refractivity contribution in [2.24, 2.45) is 0 Å². The van der Waals surface area contributed by atoms with E-state index in [4.69, 9.17) is 4.74 Å². The third kappa shape index (κ3) is 4.14. The summed E-state index contributed by atoms with van der Waals surface area (Å²) in [6.07, 6.45) is 0. The number of aryl methyl sites for hydroxylation is 1. The number of rotatable bonds is 0. The lowest BCUT2D eigenvalue weighted by Crippen LogP contribution is -1.90. The molecule has 0 unspecified atom stereocenters. The van der Waals surface area contributed by atoms with Crippen molar-refractivity contribution in [3.05, 3.63) is 35.9 Å². The van der Waals surface area contributed by atoms with E-state index in [9.17, 15) is 0 Å². The summed E-state index contributed by atoms with van der Waals surface area (Å²) >= 11 is 0. The molecular formula is C11H16O. The second-order valence-corrected chi connectivity index (χ2v) is 3.70. The maximum atomic E-state index is 4.90. The van der Waals surface area contributed by atoms with E-state index in [1.807, 2.05) is 18.2 Å². The SMILES string of the molecule is CC1(C)CO1.Cc1ccccc1. The summed E-state index contributed by atoms with van der Waals surface area (Å²) in [6.45, 7) is 7.19. The maximum absolute atomic E-state index is 4.90. The number of benzene rings is 1. The molecule has 0 bridgehead atoms. The van der Waals surface area contributed by atoms with Gasteiger partial charge in [0.2, 0.25) is 0 Å². The standard InChI is InChI=1S/C7H8.C4H8O/c1-7-5-3-2-4-6-7;1-4(2)3-5-4/h2-6H,1H3;3H2,1-2H3. The fraction of sp³-hybridized carbons (Fsp3) is 0.455. The van der Waals surface area contributed by atoms with Gasteiger partial charge < -0.3 is 4.74 Å². The molecule has 12 heavy (non-hydrogen) atoms. The Balaban J connectivity index is 0.000000127. The van der Waals surface area contributed by atoms with Gasteiger partial charge in [0.1, 0.15) is 0 Å². The highest BCUT2D eigenvalue weighted by molar-refractivity contribution is 5.11. The average molecular weight is 164 g/mol.